The topological polar surface area (TPSA) is 55.1 Å². The zero-order chi connectivity index (χ0) is 11.9. The molecule has 0 heterocycles. The van der Waals surface area contributed by atoms with Gasteiger partial charge >= 0.3 is 0 Å². The van der Waals surface area contributed by atoms with Crippen LogP contribution in [0.4, 0.5) is 0 Å². The summed E-state index contributed by atoms with van der Waals surface area (Å²) < 4.78 is 0. The van der Waals surface area contributed by atoms with Crippen LogP contribution in [0.3, 0.4) is 0 Å². The highest BCUT2D eigenvalue weighted by molar-refractivity contribution is 5.81. The predicted octanol–water partition coefficient (Wildman–Crippen LogP) is 1.91. The third-order valence-electron chi connectivity index (χ3n) is 3.06. The summed E-state index contributed by atoms with van der Waals surface area (Å²) in [5.41, 5.74) is 5.28. The fourth-order valence-electron chi connectivity index (χ4n) is 1.17. The summed E-state index contributed by atoms with van der Waals surface area (Å²) >= 11 is 0. The summed E-state index contributed by atoms with van der Waals surface area (Å²) in [6.07, 6.45) is 2.98. The summed E-state index contributed by atoms with van der Waals surface area (Å²) in [6, 6.07) is 0. The molecule has 3 heteroatoms. The van der Waals surface area contributed by atoms with Crippen molar-refractivity contribution in [3.63, 3.8) is 0 Å². The molecule has 0 aromatic heterocycles. The lowest BCUT2D eigenvalue weighted by atomic mass is 9.89. The number of hydrogen-bond acceptors (Lipinski definition) is 2. The highest BCUT2D eigenvalue weighted by Gasteiger charge is 2.24. The summed E-state index contributed by atoms with van der Waals surface area (Å²) in [5.74, 6) is 0.714. The van der Waals surface area contributed by atoms with Crippen LogP contribution in [0.15, 0.2) is 0 Å². The van der Waals surface area contributed by atoms with Gasteiger partial charge in [-0.15, -0.1) is 0 Å². The lowest BCUT2D eigenvalue weighted by molar-refractivity contribution is -0.129. The molecule has 3 nitrogen and oxygen atoms in total. The van der Waals surface area contributed by atoms with Gasteiger partial charge in [0.15, 0.2) is 0 Å². The van der Waals surface area contributed by atoms with Gasteiger partial charge in [-0.2, -0.15) is 0 Å². The van der Waals surface area contributed by atoms with Gasteiger partial charge in [-0.3, -0.25) is 4.79 Å². The molecule has 0 rings (SSSR count). The minimum atomic E-state index is -0.237. The molecule has 1 amide bonds. The highest BCUT2D eigenvalue weighted by atomic mass is 16.2. The summed E-state index contributed by atoms with van der Waals surface area (Å²) in [7, 11) is 0. The van der Waals surface area contributed by atoms with Gasteiger partial charge in [0.05, 0.1) is 0 Å². The van der Waals surface area contributed by atoms with Crippen molar-refractivity contribution in [3.8, 4) is 0 Å². The van der Waals surface area contributed by atoms with Crippen LogP contribution < -0.4 is 11.1 Å². The summed E-state index contributed by atoms with van der Waals surface area (Å²) in [5, 5.41) is 2.97. The van der Waals surface area contributed by atoms with Gasteiger partial charge in [-0.1, -0.05) is 27.7 Å². The smallest absolute Gasteiger partial charge is 0.225 e. The Morgan fingerprint density at radius 1 is 1.47 bits per heavy atom. The molecule has 3 N–H and O–H groups in total. The Labute approximate surface area is 93.8 Å². The van der Waals surface area contributed by atoms with E-state index in [2.05, 4.69) is 12.2 Å². The van der Waals surface area contributed by atoms with E-state index in [1.165, 1.54) is 0 Å². The molecule has 0 aromatic carbocycles. The van der Waals surface area contributed by atoms with Crippen molar-refractivity contribution in [2.75, 3.05) is 13.1 Å². The van der Waals surface area contributed by atoms with Gasteiger partial charge in [-0.25, -0.2) is 0 Å². The molecule has 0 bridgehead atoms. The maximum atomic E-state index is 11.7. The fraction of sp³-hybridized carbons (Fsp3) is 0.917. The Hall–Kier alpha value is -0.570. The van der Waals surface area contributed by atoms with Gasteiger partial charge in [0, 0.05) is 12.0 Å². The van der Waals surface area contributed by atoms with Crippen molar-refractivity contribution in [2.45, 2.75) is 47.0 Å². The summed E-state index contributed by atoms with van der Waals surface area (Å²) in [6.45, 7) is 9.63. The first-order valence-corrected chi connectivity index (χ1v) is 5.92. The van der Waals surface area contributed by atoms with Crippen LogP contribution in [0, 0.1) is 11.3 Å². The molecule has 0 aliphatic carbocycles. The van der Waals surface area contributed by atoms with E-state index >= 15 is 0 Å². The number of amides is 1. The second kappa shape index (κ2) is 6.83. The number of carbonyl (C=O) groups excluding carboxylic acids is 1. The zero-order valence-corrected chi connectivity index (χ0v) is 10.6. The van der Waals surface area contributed by atoms with Crippen molar-refractivity contribution in [2.24, 2.45) is 17.1 Å². The molecule has 0 saturated carbocycles. The maximum absolute atomic E-state index is 11.7. The first-order valence-electron chi connectivity index (χ1n) is 5.92. The van der Waals surface area contributed by atoms with E-state index in [1.807, 2.05) is 20.8 Å². The van der Waals surface area contributed by atoms with E-state index in [0.717, 1.165) is 32.4 Å². The van der Waals surface area contributed by atoms with Crippen LogP contribution in [0.1, 0.15) is 47.0 Å². The molecule has 0 fully saturated rings. The molecular weight excluding hydrogens is 188 g/mol. The second-order valence-electron chi connectivity index (χ2n) is 4.98. The van der Waals surface area contributed by atoms with Crippen LogP contribution in [0.5, 0.6) is 0 Å². The molecular formula is C12H26N2O. The van der Waals surface area contributed by atoms with Crippen molar-refractivity contribution >= 4 is 5.91 Å². The van der Waals surface area contributed by atoms with Crippen molar-refractivity contribution < 1.29 is 4.79 Å². The second-order valence-corrected chi connectivity index (χ2v) is 4.98. The van der Waals surface area contributed by atoms with E-state index < -0.39 is 0 Å². The van der Waals surface area contributed by atoms with Crippen molar-refractivity contribution in [1.29, 1.82) is 0 Å². The Morgan fingerprint density at radius 2 is 2.07 bits per heavy atom. The van der Waals surface area contributed by atoms with Gasteiger partial charge in [-0.05, 0) is 31.7 Å². The molecule has 15 heavy (non-hydrogen) atoms. The average Bonchev–Trinajstić information content (AvgIpc) is 2.23. The van der Waals surface area contributed by atoms with Gasteiger partial charge in [0.2, 0.25) is 5.91 Å². The number of nitrogens with two attached hydrogens (primary N) is 1. The lowest BCUT2D eigenvalue weighted by Crippen LogP contribution is -2.37. The third kappa shape index (κ3) is 5.78. The molecule has 0 spiro atoms. The monoisotopic (exact) mass is 214 g/mol. The van der Waals surface area contributed by atoms with Crippen LogP contribution in [0.25, 0.3) is 0 Å². The molecule has 90 valence electrons. The van der Waals surface area contributed by atoms with Crippen LogP contribution in [-0.4, -0.2) is 19.0 Å². The van der Waals surface area contributed by atoms with Crippen LogP contribution in [-0.2, 0) is 4.79 Å². The maximum Gasteiger partial charge on any atom is 0.225 e. The molecule has 0 aliphatic heterocycles. The quantitative estimate of drug-likeness (QED) is 0.636. The summed E-state index contributed by atoms with van der Waals surface area (Å²) in [4.78, 5) is 11.7. The molecule has 0 aromatic rings. The zero-order valence-electron chi connectivity index (χ0n) is 10.6. The third-order valence-corrected chi connectivity index (χ3v) is 3.06. The number of hydrogen-bond donors (Lipinski definition) is 2. The normalized spacial score (nSPS) is 13.7. The van der Waals surface area contributed by atoms with Crippen LogP contribution >= 0.6 is 0 Å². The van der Waals surface area contributed by atoms with E-state index in [-0.39, 0.29) is 11.3 Å². The first kappa shape index (κ1) is 14.4. The standard InChI is InChI=1S/C12H26N2O/c1-5-12(3,4)11(15)14-8-6-7-10(2)9-13/h10H,5-9,13H2,1-4H3,(H,14,15). The Morgan fingerprint density at radius 3 is 2.53 bits per heavy atom. The minimum Gasteiger partial charge on any atom is -0.356 e. The predicted molar refractivity (Wildman–Crippen MR) is 64.5 cm³/mol. The lowest BCUT2D eigenvalue weighted by Gasteiger charge is -2.21. The number of nitrogens with one attached hydrogen (secondary N) is 1. The average molecular weight is 214 g/mol. The van der Waals surface area contributed by atoms with Gasteiger partial charge in [0.1, 0.15) is 0 Å². The molecule has 0 saturated heterocycles. The largest absolute Gasteiger partial charge is 0.356 e. The molecule has 1 atom stereocenters. The van der Waals surface area contributed by atoms with E-state index in [1.54, 1.807) is 0 Å². The Kier molecular flexibility index (Phi) is 6.57. The Balaban J connectivity index is 3.64. The molecule has 0 radical (unpaired) electrons. The molecule has 1 unspecified atom stereocenters. The highest BCUT2D eigenvalue weighted by Crippen LogP contribution is 2.19. The number of carbonyl (C=O) groups is 1. The van der Waals surface area contributed by atoms with Gasteiger partial charge < -0.3 is 11.1 Å². The first-order chi connectivity index (χ1) is 6.94. The number of rotatable bonds is 7. The molecule has 0 aliphatic rings. The van der Waals surface area contributed by atoms with Gasteiger partial charge in [0.25, 0.3) is 0 Å². The SMILES string of the molecule is CCC(C)(C)C(=O)NCCCC(C)CN. The van der Waals surface area contributed by atoms with E-state index in [4.69, 9.17) is 5.73 Å². The van der Waals surface area contributed by atoms with Crippen molar-refractivity contribution in [1.82, 2.24) is 5.32 Å². The van der Waals surface area contributed by atoms with Crippen molar-refractivity contribution in [3.05, 3.63) is 0 Å². The Bertz CT molecular complexity index is 190. The van der Waals surface area contributed by atoms with E-state index in [9.17, 15) is 4.79 Å². The van der Waals surface area contributed by atoms with Crippen LogP contribution in [0.2, 0.25) is 0 Å². The minimum absolute atomic E-state index is 0.158. The van der Waals surface area contributed by atoms with E-state index in [0.29, 0.717) is 5.92 Å². The fourth-order valence-corrected chi connectivity index (χ4v) is 1.17.